The topological polar surface area (TPSA) is 118 Å². The number of anilines is 1. The van der Waals surface area contributed by atoms with Crippen molar-refractivity contribution in [3.05, 3.63) is 45.9 Å². The number of rotatable bonds is 7. The smallest absolute Gasteiger partial charge is 0.341 e. The molecule has 0 aromatic carbocycles. The summed E-state index contributed by atoms with van der Waals surface area (Å²) in [6, 6.07) is 5.65. The fraction of sp³-hybridized carbons (Fsp3) is 0.286. The van der Waals surface area contributed by atoms with Crippen LogP contribution in [0.15, 0.2) is 27.0 Å². The summed E-state index contributed by atoms with van der Waals surface area (Å²) >= 11 is 2.36. The number of thiophene rings is 1. The molecular formula is C21H20N4O4S2. The maximum Gasteiger partial charge on any atom is 0.341 e. The second-order valence-corrected chi connectivity index (χ2v) is 8.31. The third kappa shape index (κ3) is 5.13. The molecule has 0 aliphatic carbocycles. The van der Waals surface area contributed by atoms with Crippen molar-refractivity contribution in [2.24, 2.45) is 0 Å². The maximum absolute atomic E-state index is 12.6. The minimum atomic E-state index is -0.537. The van der Waals surface area contributed by atoms with Crippen LogP contribution >= 0.6 is 23.1 Å². The highest BCUT2D eigenvalue weighted by molar-refractivity contribution is 8.00. The number of esters is 1. The molecule has 1 N–H and O–H groups in total. The van der Waals surface area contributed by atoms with Crippen LogP contribution in [-0.4, -0.2) is 34.2 Å². The lowest BCUT2D eigenvalue weighted by Gasteiger charge is -2.09. The number of furan rings is 1. The summed E-state index contributed by atoms with van der Waals surface area (Å²) in [5.74, 6) is 0.904. The highest BCUT2D eigenvalue weighted by atomic mass is 32.2. The van der Waals surface area contributed by atoms with Gasteiger partial charge in [-0.25, -0.2) is 14.8 Å². The first-order valence-electron chi connectivity index (χ1n) is 9.37. The highest BCUT2D eigenvalue weighted by Gasteiger charge is 2.24. The van der Waals surface area contributed by atoms with Gasteiger partial charge in [0.2, 0.25) is 5.91 Å². The first-order chi connectivity index (χ1) is 14.8. The second-order valence-electron chi connectivity index (χ2n) is 6.47. The zero-order valence-electron chi connectivity index (χ0n) is 17.4. The molecule has 8 nitrogen and oxygen atoms in total. The number of carbonyl (C=O) groups excluding carboxylic acids is 2. The van der Waals surface area contributed by atoms with Gasteiger partial charge in [0.15, 0.2) is 0 Å². The number of hydrogen-bond donors (Lipinski definition) is 1. The van der Waals surface area contributed by atoms with Crippen LogP contribution in [0.1, 0.15) is 40.1 Å². The largest absolute Gasteiger partial charge is 0.462 e. The van der Waals surface area contributed by atoms with E-state index in [1.54, 1.807) is 38.3 Å². The van der Waals surface area contributed by atoms with Gasteiger partial charge in [-0.05, 0) is 39.8 Å². The summed E-state index contributed by atoms with van der Waals surface area (Å²) in [6.45, 7) is 7.19. The van der Waals surface area contributed by atoms with Crippen LogP contribution in [0, 0.1) is 32.1 Å². The second kappa shape index (κ2) is 9.76. The third-order valence-electron chi connectivity index (χ3n) is 4.15. The van der Waals surface area contributed by atoms with Gasteiger partial charge in [0.1, 0.15) is 44.6 Å². The van der Waals surface area contributed by atoms with Gasteiger partial charge in [0, 0.05) is 10.9 Å². The number of nitrogens with one attached hydrogen (secondary N) is 1. The number of thioether (sulfide) groups is 1. The maximum atomic E-state index is 12.6. The molecule has 160 valence electrons. The quantitative estimate of drug-likeness (QED) is 0.314. The zero-order chi connectivity index (χ0) is 22.5. The van der Waals surface area contributed by atoms with E-state index in [2.05, 4.69) is 21.4 Å². The van der Waals surface area contributed by atoms with Crippen molar-refractivity contribution in [3.8, 4) is 17.4 Å². The average Bonchev–Trinajstić information content (AvgIpc) is 3.32. The predicted octanol–water partition coefficient (Wildman–Crippen LogP) is 4.50. The molecule has 3 aromatic heterocycles. The van der Waals surface area contributed by atoms with E-state index in [4.69, 9.17) is 9.15 Å². The number of hydrogen-bond acceptors (Lipinski definition) is 9. The number of nitriles is 1. The fourth-order valence-corrected chi connectivity index (χ4v) is 4.66. The molecule has 31 heavy (non-hydrogen) atoms. The van der Waals surface area contributed by atoms with E-state index in [0.29, 0.717) is 44.2 Å². The Hall–Kier alpha value is -3.16. The van der Waals surface area contributed by atoms with Gasteiger partial charge < -0.3 is 14.5 Å². The summed E-state index contributed by atoms with van der Waals surface area (Å²) in [4.78, 5) is 33.6. The molecule has 10 heteroatoms. The number of ether oxygens (including phenoxy) is 1. The Bertz CT molecular complexity index is 1180. The number of aryl methyl sites for hydroxylation is 3. The molecule has 3 heterocycles. The van der Waals surface area contributed by atoms with Crippen molar-refractivity contribution < 1.29 is 18.7 Å². The van der Waals surface area contributed by atoms with Gasteiger partial charge in [0.25, 0.3) is 0 Å². The van der Waals surface area contributed by atoms with Crippen LogP contribution in [0.4, 0.5) is 5.00 Å². The molecule has 0 spiro atoms. The van der Waals surface area contributed by atoms with Crippen LogP contribution in [0.2, 0.25) is 0 Å². The summed E-state index contributed by atoms with van der Waals surface area (Å²) in [5.41, 5.74) is 1.74. The van der Waals surface area contributed by atoms with E-state index in [1.807, 2.05) is 6.92 Å². The molecular weight excluding hydrogens is 436 g/mol. The number of aromatic nitrogens is 2. The van der Waals surface area contributed by atoms with Gasteiger partial charge in [0.05, 0.1) is 18.1 Å². The predicted molar refractivity (Wildman–Crippen MR) is 118 cm³/mol. The normalized spacial score (nSPS) is 10.5. The summed E-state index contributed by atoms with van der Waals surface area (Å²) in [7, 11) is 0. The SMILES string of the molecule is CCOC(=O)c1c(-c2ccc(C)o2)csc1NC(=O)CSc1nc(C)nc(C)c1C#N. The molecule has 3 rings (SSSR count). The number of nitrogens with zero attached hydrogens (tertiary/aromatic N) is 3. The number of amides is 1. The number of carbonyl (C=O) groups is 2. The Morgan fingerprint density at radius 1 is 1.29 bits per heavy atom. The lowest BCUT2D eigenvalue weighted by Crippen LogP contribution is -2.16. The minimum Gasteiger partial charge on any atom is -0.462 e. The zero-order valence-corrected chi connectivity index (χ0v) is 19.1. The van der Waals surface area contributed by atoms with Crippen LogP contribution in [0.5, 0.6) is 0 Å². The molecule has 0 saturated carbocycles. The molecule has 0 fully saturated rings. The Labute approximate surface area is 187 Å². The van der Waals surface area contributed by atoms with E-state index in [-0.39, 0.29) is 23.8 Å². The molecule has 0 aliphatic heterocycles. The van der Waals surface area contributed by atoms with Gasteiger partial charge >= 0.3 is 5.97 Å². The molecule has 1 amide bonds. The van der Waals surface area contributed by atoms with Crippen LogP contribution in [-0.2, 0) is 9.53 Å². The summed E-state index contributed by atoms with van der Waals surface area (Å²) in [5, 5.41) is 14.7. The molecule has 0 aliphatic rings. The molecule has 0 saturated heterocycles. The Kier molecular flexibility index (Phi) is 7.09. The minimum absolute atomic E-state index is 0.0138. The van der Waals surface area contributed by atoms with E-state index < -0.39 is 5.97 Å². The Balaban J connectivity index is 1.81. The fourth-order valence-electron chi connectivity index (χ4n) is 2.83. The van der Waals surface area contributed by atoms with Crippen LogP contribution in [0.3, 0.4) is 0 Å². The lowest BCUT2D eigenvalue weighted by atomic mass is 10.1. The van der Waals surface area contributed by atoms with Gasteiger partial charge in [-0.15, -0.1) is 11.3 Å². The molecule has 3 aromatic rings. The van der Waals surface area contributed by atoms with E-state index in [9.17, 15) is 14.9 Å². The van der Waals surface area contributed by atoms with E-state index in [0.717, 1.165) is 11.8 Å². The van der Waals surface area contributed by atoms with Crippen molar-refractivity contribution in [3.63, 3.8) is 0 Å². The van der Waals surface area contributed by atoms with Gasteiger partial charge in [-0.1, -0.05) is 11.8 Å². The van der Waals surface area contributed by atoms with Gasteiger partial charge in [-0.2, -0.15) is 5.26 Å². The standard InChI is InChI=1S/C21H20N4O4S2/c1-5-28-21(27)18-15(16-7-6-11(2)29-16)9-30-20(18)25-17(26)10-31-19-14(8-22)12(3)23-13(4)24-19/h6-7,9H,5,10H2,1-4H3,(H,25,26). The van der Waals surface area contributed by atoms with E-state index in [1.165, 1.54) is 11.3 Å². The monoisotopic (exact) mass is 456 g/mol. The third-order valence-corrected chi connectivity index (χ3v) is 6.02. The van der Waals surface area contributed by atoms with Gasteiger partial charge in [-0.3, -0.25) is 4.79 Å². The highest BCUT2D eigenvalue weighted by Crippen LogP contribution is 2.37. The van der Waals surface area contributed by atoms with Crippen molar-refractivity contribution in [1.29, 1.82) is 5.26 Å². The van der Waals surface area contributed by atoms with E-state index >= 15 is 0 Å². The first-order valence-corrected chi connectivity index (χ1v) is 11.2. The lowest BCUT2D eigenvalue weighted by molar-refractivity contribution is -0.113. The van der Waals surface area contributed by atoms with Crippen LogP contribution in [0.25, 0.3) is 11.3 Å². The molecule has 0 atom stereocenters. The summed E-state index contributed by atoms with van der Waals surface area (Å²) in [6.07, 6.45) is 0. The van der Waals surface area contributed by atoms with Crippen LogP contribution < -0.4 is 5.32 Å². The molecule has 0 unspecified atom stereocenters. The first kappa shape index (κ1) is 22.5. The summed E-state index contributed by atoms with van der Waals surface area (Å²) < 4.78 is 10.8. The Morgan fingerprint density at radius 3 is 2.71 bits per heavy atom. The van der Waals surface area contributed by atoms with Crippen molar-refractivity contribution in [1.82, 2.24) is 9.97 Å². The van der Waals surface area contributed by atoms with Crippen molar-refractivity contribution in [2.45, 2.75) is 32.7 Å². The van der Waals surface area contributed by atoms with Crippen molar-refractivity contribution >= 4 is 40.0 Å². The van der Waals surface area contributed by atoms with Crippen molar-refractivity contribution in [2.75, 3.05) is 17.7 Å². The molecule has 0 bridgehead atoms. The Morgan fingerprint density at radius 2 is 2.06 bits per heavy atom. The average molecular weight is 457 g/mol. The molecule has 0 radical (unpaired) electrons.